The molecule has 16 bridgehead atoms. The van der Waals surface area contributed by atoms with Gasteiger partial charge in [0.1, 0.15) is 15.4 Å². The van der Waals surface area contributed by atoms with Crippen LogP contribution >= 0.6 is 0 Å². The Morgan fingerprint density at radius 1 is 0.481 bits per heavy atom. The lowest BCUT2D eigenvalue weighted by molar-refractivity contribution is -0.197. The van der Waals surface area contributed by atoms with Crippen molar-refractivity contribution in [2.75, 3.05) is 13.1 Å². The van der Waals surface area contributed by atoms with E-state index >= 15 is 0 Å². The average molecular weight is 1450 g/mol. The number of rotatable bonds is 20. The minimum atomic E-state index is -5.17. The van der Waals surface area contributed by atoms with E-state index in [-0.39, 0.29) is 56.7 Å². The van der Waals surface area contributed by atoms with E-state index in [9.17, 15) is 64.9 Å². The Morgan fingerprint density at radius 2 is 0.798 bits per heavy atom. The molecule has 0 aromatic carbocycles. The van der Waals surface area contributed by atoms with Gasteiger partial charge in [0.15, 0.2) is 0 Å². The Kier molecular flexibility index (Phi) is 20.9. The summed E-state index contributed by atoms with van der Waals surface area (Å²) in [7, 11) is -9.73. The summed E-state index contributed by atoms with van der Waals surface area (Å²) in [5.41, 5.74) is 24.9. The number of aromatic nitrogens is 8. The number of hydroxylamine groups is 4. The molecular formula is C76H76N10O16S2-2. The summed E-state index contributed by atoms with van der Waals surface area (Å²) >= 11 is 0. The van der Waals surface area contributed by atoms with Crippen LogP contribution in [0.3, 0.4) is 0 Å². The van der Waals surface area contributed by atoms with Crippen molar-refractivity contribution in [2.45, 2.75) is 130 Å². The smallest absolute Gasteiger partial charge is 0.333 e. The first-order chi connectivity index (χ1) is 49.2. The van der Waals surface area contributed by atoms with E-state index in [1.54, 1.807) is 18.2 Å². The minimum Gasteiger partial charge on any atom is -0.748 e. The van der Waals surface area contributed by atoms with Gasteiger partial charge < -0.3 is 48.9 Å². The molecule has 2 unspecified atom stereocenters. The van der Waals surface area contributed by atoms with Gasteiger partial charge in [-0.1, -0.05) is 50.6 Å². The maximum absolute atomic E-state index is 13.1. The van der Waals surface area contributed by atoms with Crippen LogP contribution in [0.4, 0.5) is 0 Å². The summed E-state index contributed by atoms with van der Waals surface area (Å²) in [5.74, 6) is -6.05. The predicted molar refractivity (Wildman–Crippen MR) is 395 cm³/mol. The van der Waals surface area contributed by atoms with Gasteiger partial charge in [-0.25, -0.2) is 41.6 Å². The number of hydrogen-bond acceptors (Lipinski definition) is 19. The van der Waals surface area contributed by atoms with E-state index in [2.05, 4.69) is 52.3 Å². The topological polar surface area (TPSA) is 397 Å². The molecule has 2 amide bonds. The molecule has 6 aromatic rings. The number of nitrogens with zero attached hydrogens (tertiary/aromatic N) is 6. The zero-order valence-electron chi connectivity index (χ0n) is 58.5. The van der Waals surface area contributed by atoms with Crippen molar-refractivity contribution in [3.63, 3.8) is 0 Å². The van der Waals surface area contributed by atoms with Gasteiger partial charge >= 0.3 is 23.9 Å². The molecule has 0 spiro atoms. The first-order valence-corrected chi connectivity index (χ1v) is 36.3. The molecule has 12 rings (SSSR count). The lowest BCUT2D eigenvalue weighted by atomic mass is 9.98. The van der Waals surface area contributed by atoms with Gasteiger partial charge in [-0.15, -0.1) is 10.1 Å². The number of nitrogens with one attached hydrogen (secondary N) is 4. The highest BCUT2D eigenvalue weighted by molar-refractivity contribution is 7.87. The maximum atomic E-state index is 13.1. The number of carboxylic acid groups (broad SMARTS) is 2. The summed E-state index contributed by atoms with van der Waals surface area (Å²) in [4.78, 5) is 119. The van der Waals surface area contributed by atoms with Crippen molar-refractivity contribution in [1.82, 2.24) is 50.0 Å². The first-order valence-electron chi connectivity index (χ1n) is 33.4. The molecule has 0 aliphatic carbocycles. The molecule has 2 saturated heterocycles. The number of fused-ring (bicyclic) bond motifs is 16. The molecule has 0 saturated carbocycles. The third-order valence-electron chi connectivity index (χ3n) is 19.8. The fourth-order valence-electron chi connectivity index (χ4n) is 13.8. The highest BCUT2D eigenvalue weighted by atomic mass is 32.2. The van der Waals surface area contributed by atoms with E-state index in [1.165, 1.54) is 5.06 Å². The Hall–Kier alpha value is -11.0. The quantitative estimate of drug-likeness (QED) is 0.0305. The molecule has 6 aromatic heterocycles. The predicted octanol–water partition coefficient (Wildman–Crippen LogP) is 12.7. The number of allylic oxidation sites excluding steroid dienone is 8. The number of imide groups is 1. The van der Waals surface area contributed by atoms with Crippen LogP contribution in [0.15, 0.2) is 74.8 Å². The molecule has 28 heteroatoms. The lowest BCUT2D eigenvalue weighted by Gasteiger charge is -2.17. The van der Waals surface area contributed by atoms with Crippen molar-refractivity contribution in [3.05, 3.63) is 165 Å². The molecule has 6 aliphatic heterocycles. The van der Waals surface area contributed by atoms with Crippen molar-refractivity contribution in [1.29, 1.82) is 0 Å². The Bertz CT molecular complexity index is 5540. The number of carboxylic acids is 2. The molecule has 12 heterocycles. The Labute approximate surface area is 598 Å². The van der Waals surface area contributed by atoms with Crippen LogP contribution in [-0.2, 0) is 58.7 Å². The standard InChI is InChI=1S/C42H44N6O12S2.C34H34N4O4/c1-7-26-21(3)30-15-31-23(5)29(10-12-41(51)60-48-39(49)19-38(42(48)52)62(56,57)58)36(45-31)18-37-28(9-11-40(50)59-47-14-13-25(20-47)61(53,54)55)24(6)33(46-37)17-35-27(8-2)22(4)32(44-35)16-34(26)43-30;1-7-21-17(3)25-13-26-19(5)23(9-11-33(39)40)31(37-26)16-32-24(10-12-34(41)42)20(6)28(38-32)15-30-22(8-2)18(4)27(36-30)14-29(21)35-25/h7-8,15-18,25,38,43-44H,1-2,9-14,19-20H2,3-6H3,(H,53,54,55)(H,56,57,58);7-8,13-16,35-36H,1-2,9-12H2,3-6H3,(H,39,40)(H,41,42)/p-2. The molecule has 2 atom stereocenters. The fraction of sp³-hybridized carbons (Fsp3) is 0.289. The first kappa shape index (κ1) is 74.2. The number of aromatic amines is 4. The van der Waals surface area contributed by atoms with Crippen molar-refractivity contribution < 1.29 is 74.6 Å². The number of H-pyrrole nitrogens is 4. The largest absolute Gasteiger partial charge is 0.748 e. The summed E-state index contributed by atoms with van der Waals surface area (Å²) in [5, 5.41) is 16.7. The third-order valence-corrected chi connectivity index (χ3v) is 22.0. The van der Waals surface area contributed by atoms with Gasteiger partial charge in [-0.3, -0.25) is 24.0 Å². The molecule has 26 nitrogen and oxygen atoms in total. The maximum Gasteiger partial charge on any atom is 0.333 e. The van der Waals surface area contributed by atoms with Crippen LogP contribution in [0.1, 0.15) is 182 Å². The second-order valence-electron chi connectivity index (χ2n) is 26.1. The number of aliphatic carboxylic acids is 2. The zero-order valence-corrected chi connectivity index (χ0v) is 60.1. The molecule has 6 N–H and O–H groups in total. The van der Waals surface area contributed by atoms with Gasteiger partial charge in [0.2, 0.25) is 0 Å². The average Bonchev–Trinajstić information content (AvgIpc) is 1.63. The van der Waals surface area contributed by atoms with E-state index in [1.807, 2.05) is 104 Å². The van der Waals surface area contributed by atoms with Crippen LogP contribution in [0.25, 0.3) is 113 Å². The van der Waals surface area contributed by atoms with Crippen LogP contribution in [0.5, 0.6) is 0 Å². The number of carbonyl (C=O) groups is 6. The van der Waals surface area contributed by atoms with Gasteiger partial charge in [-0.05, 0) is 203 Å². The zero-order chi connectivity index (χ0) is 75.3. The van der Waals surface area contributed by atoms with E-state index in [0.717, 1.165) is 128 Å². The fourth-order valence-corrected chi connectivity index (χ4v) is 15.2. The van der Waals surface area contributed by atoms with E-state index < -0.39 is 79.3 Å². The highest BCUT2D eigenvalue weighted by Crippen LogP contribution is 2.42. The molecule has 104 heavy (non-hydrogen) atoms. The highest BCUT2D eigenvalue weighted by Gasteiger charge is 2.45. The second kappa shape index (κ2) is 29.4. The summed E-state index contributed by atoms with van der Waals surface area (Å²) in [6, 6.07) is 15.3. The molecule has 6 aliphatic rings. The van der Waals surface area contributed by atoms with Crippen LogP contribution in [0.2, 0.25) is 0 Å². The molecule has 540 valence electrons. The van der Waals surface area contributed by atoms with Gasteiger partial charge in [0.25, 0.3) is 11.8 Å². The van der Waals surface area contributed by atoms with Crippen molar-refractivity contribution >= 4 is 169 Å². The Balaban J connectivity index is 0.000000224. The Morgan fingerprint density at radius 3 is 1.11 bits per heavy atom. The van der Waals surface area contributed by atoms with Crippen LogP contribution < -0.4 is 0 Å². The van der Waals surface area contributed by atoms with Gasteiger partial charge in [0.05, 0.1) is 86.7 Å². The van der Waals surface area contributed by atoms with Gasteiger partial charge in [-0.2, -0.15) is 0 Å². The summed E-state index contributed by atoms with van der Waals surface area (Å²) in [6.07, 6.45) is 6.38. The van der Waals surface area contributed by atoms with Crippen LogP contribution in [-0.4, -0.2) is 145 Å². The SMILES string of the molecule is C=Cc1c(C)c2cc3[nH]c(cc4nc(cc5nc(cc1[nH]2)C(C)=C5CCC(=O)O)C(CCC(=O)O)=C4C)c(C)c3C=C.C=Cc1c(C)c2cc3[nH]c(cc4nc(cc5nc(cc1[nH]2)C(C)=C5CCC(=O)ON1CCC(S(=O)(=O)[O-])C1)C(CCC(=O)ON1C(=O)CC(S(=O)(=O)[O-])C1=O)=C4C)c(C)c3C=C. The molecule has 2 fully saturated rings. The second-order valence-corrected chi connectivity index (χ2v) is 29.3. The number of amides is 2. The molecular weight excluding hydrogens is 1370 g/mol. The van der Waals surface area contributed by atoms with E-state index in [0.29, 0.717) is 63.7 Å². The monoisotopic (exact) mass is 1450 g/mol. The van der Waals surface area contributed by atoms with Crippen LogP contribution in [0, 0.1) is 27.7 Å². The lowest BCUT2D eigenvalue weighted by Crippen LogP contribution is -2.36. The summed E-state index contributed by atoms with van der Waals surface area (Å²) < 4.78 is 69.2. The van der Waals surface area contributed by atoms with Crippen molar-refractivity contribution in [2.24, 2.45) is 0 Å². The number of hydrogen-bond donors (Lipinski definition) is 6. The number of aryl methyl sites for hydroxylation is 4. The van der Waals surface area contributed by atoms with Gasteiger partial charge in [0, 0.05) is 85.8 Å². The van der Waals surface area contributed by atoms with Crippen molar-refractivity contribution in [3.8, 4) is 0 Å². The summed E-state index contributed by atoms with van der Waals surface area (Å²) in [6.45, 7) is 31.6. The molecule has 0 radical (unpaired) electrons. The third kappa shape index (κ3) is 14.9. The normalized spacial score (nSPS) is 16.3. The number of carbonyl (C=O) groups excluding carboxylic acids is 4. The minimum absolute atomic E-state index is 0.0171. The van der Waals surface area contributed by atoms with E-state index in [4.69, 9.17) is 29.6 Å².